The van der Waals surface area contributed by atoms with Crippen molar-refractivity contribution in [2.75, 3.05) is 6.61 Å². The van der Waals surface area contributed by atoms with Gasteiger partial charge in [-0.3, -0.25) is 9.36 Å². The molecule has 3 aromatic rings. The van der Waals surface area contributed by atoms with Crippen LogP contribution in [0, 0.1) is 13.8 Å². The predicted molar refractivity (Wildman–Crippen MR) is 95.2 cm³/mol. The van der Waals surface area contributed by atoms with Crippen molar-refractivity contribution in [3.05, 3.63) is 70.0 Å². The molecule has 0 N–H and O–H groups in total. The number of rotatable bonds is 2. The maximum atomic E-state index is 12.7. The Morgan fingerprint density at radius 3 is 2.92 bits per heavy atom. The Morgan fingerprint density at radius 1 is 1.29 bits per heavy atom. The fourth-order valence-electron chi connectivity index (χ4n) is 3.02. The van der Waals surface area contributed by atoms with Crippen molar-refractivity contribution >= 4 is 23.2 Å². The predicted octanol–water partition coefficient (Wildman–Crippen LogP) is 4.21. The number of hydrogen-bond acceptors (Lipinski definition) is 4. The number of ether oxygens (including phenoxy) is 1. The van der Waals surface area contributed by atoms with Crippen molar-refractivity contribution in [1.82, 2.24) is 9.55 Å². The number of Topliss-reactive ketones (excluding diaryl/α,β-unsaturated/α-hetero) is 1. The minimum absolute atomic E-state index is 0.0379. The van der Waals surface area contributed by atoms with Gasteiger partial charge >= 0.3 is 0 Å². The number of ketones is 1. The number of fused-ring (bicyclic) bond motifs is 1. The number of nitrogens with zero attached hydrogens (tertiary/aromatic N) is 2. The van der Waals surface area contributed by atoms with Gasteiger partial charge in [0, 0.05) is 28.5 Å². The number of aryl methyl sites for hydroxylation is 1. The first-order valence-electron chi connectivity index (χ1n) is 7.71. The fraction of sp³-hybridized carbons (Fsp3) is 0.158. The van der Waals surface area contributed by atoms with E-state index in [9.17, 15) is 4.79 Å². The number of para-hydroxylation sites is 1. The van der Waals surface area contributed by atoms with E-state index in [1.165, 1.54) is 0 Å². The SMILES string of the molecule is Cc1cc(/C=C2\COc3ccccc3C2=O)c(C)n1-c1nccs1. The van der Waals surface area contributed by atoms with Gasteiger partial charge < -0.3 is 4.74 Å². The van der Waals surface area contributed by atoms with Crippen molar-refractivity contribution in [2.45, 2.75) is 13.8 Å². The molecular weight excluding hydrogens is 320 g/mol. The second-order valence-corrected chi connectivity index (χ2v) is 6.63. The minimum Gasteiger partial charge on any atom is -0.488 e. The van der Waals surface area contributed by atoms with Gasteiger partial charge in [-0.05, 0) is 43.7 Å². The van der Waals surface area contributed by atoms with E-state index in [-0.39, 0.29) is 5.78 Å². The lowest BCUT2D eigenvalue weighted by atomic mass is 9.98. The summed E-state index contributed by atoms with van der Waals surface area (Å²) in [6.45, 7) is 4.39. The first-order valence-corrected chi connectivity index (χ1v) is 8.59. The van der Waals surface area contributed by atoms with Crippen LogP contribution in [0.25, 0.3) is 11.2 Å². The average Bonchev–Trinajstić information content (AvgIpc) is 3.19. The van der Waals surface area contributed by atoms with Gasteiger partial charge in [-0.15, -0.1) is 11.3 Å². The highest BCUT2D eigenvalue weighted by molar-refractivity contribution is 7.12. The highest BCUT2D eigenvalue weighted by Gasteiger charge is 2.23. The summed E-state index contributed by atoms with van der Waals surface area (Å²) in [6, 6.07) is 9.46. The van der Waals surface area contributed by atoms with Gasteiger partial charge in [0.1, 0.15) is 12.4 Å². The zero-order valence-corrected chi connectivity index (χ0v) is 14.3. The molecule has 0 atom stereocenters. The van der Waals surface area contributed by atoms with Crippen LogP contribution < -0.4 is 4.74 Å². The summed E-state index contributed by atoms with van der Waals surface area (Å²) in [5.74, 6) is 0.698. The van der Waals surface area contributed by atoms with Crippen LogP contribution in [0.2, 0.25) is 0 Å². The molecule has 4 rings (SSSR count). The molecule has 3 heterocycles. The summed E-state index contributed by atoms with van der Waals surface area (Å²) in [7, 11) is 0. The van der Waals surface area contributed by atoms with Crippen LogP contribution in [0.4, 0.5) is 0 Å². The van der Waals surface area contributed by atoms with Crippen molar-refractivity contribution in [3.63, 3.8) is 0 Å². The third-order valence-electron chi connectivity index (χ3n) is 4.22. The summed E-state index contributed by atoms with van der Waals surface area (Å²) < 4.78 is 7.83. The van der Waals surface area contributed by atoms with Gasteiger partial charge in [-0.1, -0.05) is 12.1 Å². The molecule has 0 unspecified atom stereocenters. The lowest BCUT2D eigenvalue weighted by Crippen LogP contribution is -2.18. The molecule has 24 heavy (non-hydrogen) atoms. The molecule has 2 aromatic heterocycles. The van der Waals surface area contributed by atoms with Crippen LogP contribution in [0.5, 0.6) is 5.75 Å². The van der Waals surface area contributed by atoms with E-state index >= 15 is 0 Å². The quantitative estimate of drug-likeness (QED) is 0.659. The first kappa shape index (κ1) is 14.9. The van der Waals surface area contributed by atoms with E-state index in [4.69, 9.17) is 4.74 Å². The van der Waals surface area contributed by atoms with Crippen molar-refractivity contribution in [2.24, 2.45) is 0 Å². The van der Waals surface area contributed by atoms with E-state index in [0.717, 1.165) is 22.1 Å². The molecule has 0 spiro atoms. The summed E-state index contributed by atoms with van der Waals surface area (Å²) in [4.78, 5) is 17.1. The highest BCUT2D eigenvalue weighted by atomic mass is 32.1. The van der Waals surface area contributed by atoms with Gasteiger partial charge in [0.15, 0.2) is 10.9 Å². The fourth-order valence-corrected chi connectivity index (χ4v) is 3.77. The Morgan fingerprint density at radius 2 is 2.12 bits per heavy atom. The van der Waals surface area contributed by atoms with Gasteiger partial charge in [-0.25, -0.2) is 4.98 Å². The standard InChI is InChI=1S/C19H16N2O2S/c1-12-9-14(13(2)21(12)19-20-7-8-24-19)10-15-11-23-17-6-4-3-5-16(17)18(15)22/h3-10H,11H2,1-2H3/b15-10+. The van der Waals surface area contributed by atoms with E-state index in [1.807, 2.05) is 49.6 Å². The number of carbonyl (C=O) groups is 1. The number of hydrogen-bond donors (Lipinski definition) is 0. The molecule has 0 radical (unpaired) electrons. The Kier molecular flexibility index (Phi) is 3.58. The maximum absolute atomic E-state index is 12.7. The summed E-state index contributed by atoms with van der Waals surface area (Å²) in [5.41, 5.74) is 4.49. The summed E-state index contributed by atoms with van der Waals surface area (Å²) in [6.07, 6.45) is 3.73. The van der Waals surface area contributed by atoms with Gasteiger partial charge in [-0.2, -0.15) is 0 Å². The third kappa shape index (κ3) is 2.37. The molecule has 0 saturated heterocycles. The van der Waals surface area contributed by atoms with Gasteiger partial charge in [0.2, 0.25) is 0 Å². The second kappa shape index (κ2) is 5.76. The highest BCUT2D eigenvalue weighted by Crippen LogP contribution is 2.29. The Balaban J connectivity index is 1.75. The maximum Gasteiger partial charge on any atom is 0.196 e. The van der Waals surface area contributed by atoms with Crippen LogP contribution in [0.1, 0.15) is 27.3 Å². The van der Waals surface area contributed by atoms with Gasteiger partial charge in [0.25, 0.3) is 0 Å². The molecule has 1 aliphatic rings. The average molecular weight is 336 g/mol. The normalized spacial score (nSPS) is 15.4. The number of aromatic nitrogens is 2. The molecule has 0 fully saturated rings. The molecule has 120 valence electrons. The van der Waals surface area contributed by atoms with E-state index in [0.29, 0.717) is 23.5 Å². The number of carbonyl (C=O) groups excluding carboxylic acids is 1. The molecule has 1 aromatic carbocycles. The summed E-state index contributed by atoms with van der Waals surface area (Å²) in [5, 5.41) is 2.90. The molecule has 1 aliphatic heterocycles. The van der Waals surface area contributed by atoms with Crippen LogP contribution in [0.3, 0.4) is 0 Å². The molecular formula is C19H16N2O2S. The third-order valence-corrected chi connectivity index (χ3v) is 4.97. The van der Waals surface area contributed by atoms with Crippen molar-refractivity contribution in [1.29, 1.82) is 0 Å². The first-order chi connectivity index (χ1) is 11.6. The topological polar surface area (TPSA) is 44.1 Å². The Hall–Kier alpha value is -2.66. The Bertz CT molecular complexity index is 952. The Labute approximate surface area is 144 Å². The summed E-state index contributed by atoms with van der Waals surface area (Å²) >= 11 is 1.59. The number of benzene rings is 1. The smallest absolute Gasteiger partial charge is 0.196 e. The van der Waals surface area contributed by atoms with E-state index in [1.54, 1.807) is 17.5 Å². The van der Waals surface area contributed by atoms with E-state index < -0.39 is 0 Å². The second-order valence-electron chi connectivity index (χ2n) is 5.76. The molecule has 0 amide bonds. The van der Waals surface area contributed by atoms with Crippen LogP contribution in [0.15, 0.2) is 47.5 Å². The largest absolute Gasteiger partial charge is 0.488 e. The molecule has 0 saturated carbocycles. The molecule has 0 aliphatic carbocycles. The minimum atomic E-state index is 0.0379. The number of thiazole rings is 1. The van der Waals surface area contributed by atoms with Crippen LogP contribution in [-0.4, -0.2) is 21.9 Å². The van der Waals surface area contributed by atoms with E-state index in [2.05, 4.69) is 15.6 Å². The molecule has 4 nitrogen and oxygen atoms in total. The van der Waals surface area contributed by atoms with Gasteiger partial charge in [0.05, 0.1) is 5.56 Å². The molecule has 0 bridgehead atoms. The van der Waals surface area contributed by atoms with Crippen LogP contribution in [-0.2, 0) is 0 Å². The molecule has 5 heteroatoms. The van der Waals surface area contributed by atoms with Crippen molar-refractivity contribution < 1.29 is 9.53 Å². The lowest BCUT2D eigenvalue weighted by Gasteiger charge is -2.18. The monoisotopic (exact) mass is 336 g/mol. The lowest BCUT2D eigenvalue weighted by molar-refractivity contribution is 0.100. The van der Waals surface area contributed by atoms with Crippen LogP contribution >= 0.6 is 11.3 Å². The zero-order valence-electron chi connectivity index (χ0n) is 13.4. The zero-order chi connectivity index (χ0) is 16.7. The van der Waals surface area contributed by atoms with Crippen molar-refractivity contribution in [3.8, 4) is 10.9 Å².